The van der Waals surface area contributed by atoms with E-state index in [4.69, 9.17) is 9.38 Å². The van der Waals surface area contributed by atoms with E-state index in [1.54, 1.807) is 0 Å². The van der Waals surface area contributed by atoms with E-state index in [-0.39, 0.29) is 0 Å². The molecule has 4 aliphatic rings. The normalized spacial score (nSPS) is 44.8. The first-order valence-corrected chi connectivity index (χ1v) is 15.3. The van der Waals surface area contributed by atoms with Crippen molar-refractivity contribution in [3.8, 4) is 0 Å². The topological polar surface area (TPSA) is 51.8 Å². The van der Waals surface area contributed by atoms with Crippen LogP contribution in [0.2, 0.25) is 0 Å². The van der Waals surface area contributed by atoms with Crippen LogP contribution in [-0.4, -0.2) is 72.7 Å². The molecule has 0 aromatic carbocycles. The summed E-state index contributed by atoms with van der Waals surface area (Å²) in [6.45, 7) is 4.63. The van der Waals surface area contributed by atoms with E-state index in [1.165, 1.54) is 64.2 Å². The number of nitrogens with one attached hydrogen (secondary N) is 2. The van der Waals surface area contributed by atoms with Gasteiger partial charge in [0.25, 0.3) is 0 Å². The summed E-state index contributed by atoms with van der Waals surface area (Å²) in [5, 5.41) is 7.63. The van der Waals surface area contributed by atoms with Crippen molar-refractivity contribution in [2.45, 2.75) is 114 Å². The van der Waals surface area contributed by atoms with Gasteiger partial charge in [0, 0.05) is 0 Å². The number of fused-ring (bicyclic) bond motifs is 2. The van der Waals surface area contributed by atoms with Gasteiger partial charge < -0.3 is 0 Å². The zero-order valence-electron chi connectivity index (χ0n) is 17.1. The van der Waals surface area contributed by atoms with Crippen molar-refractivity contribution in [3.63, 3.8) is 0 Å². The van der Waals surface area contributed by atoms with Gasteiger partial charge in [-0.05, 0) is 0 Å². The standard InChI is InChI=1S/2C10H18NO.2Ga.O/c2*1-7-5-6-8-3-2-4-9(12)10(8)11-7;;;/h2*7-11H,2-6H2,1H3;;;/q2*-1;2*+1;. The monoisotopic (exact) mass is 490 g/mol. The van der Waals surface area contributed by atoms with Gasteiger partial charge in [0.05, 0.1) is 0 Å². The number of piperidine rings is 2. The summed E-state index contributed by atoms with van der Waals surface area (Å²) in [6, 6.07) is 2.42. The van der Waals surface area contributed by atoms with E-state index in [0.29, 0.717) is 36.4 Å². The summed E-state index contributed by atoms with van der Waals surface area (Å²) in [5.74, 6) is 1.65. The molecule has 2 heterocycles. The SMILES string of the molecule is CC1CCC2CCCC([O][Ga][O][Ga][O]C3CCCC4CCC(C)NC43)C2N1. The Balaban J connectivity index is 1.17. The van der Waals surface area contributed by atoms with E-state index >= 15 is 0 Å². The van der Waals surface area contributed by atoms with Crippen molar-refractivity contribution in [1.82, 2.24) is 10.6 Å². The van der Waals surface area contributed by atoms with Crippen molar-refractivity contribution in [1.29, 1.82) is 0 Å². The molecule has 0 aromatic rings. The first-order valence-electron chi connectivity index (χ1n) is 11.3. The zero-order chi connectivity index (χ0) is 18.6. The minimum atomic E-state index is -1.06. The van der Waals surface area contributed by atoms with Crippen LogP contribution in [0.5, 0.6) is 0 Å². The fraction of sp³-hybridized carbons (Fsp3) is 1.00. The Morgan fingerprint density at radius 2 is 1.11 bits per heavy atom. The molecule has 150 valence electrons. The molecule has 0 aromatic heterocycles. The molecule has 8 unspecified atom stereocenters. The van der Waals surface area contributed by atoms with E-state index in [0.717, 1.165) is 11.8 Å². The zero-order valence-corrected chi connectivity index (χ0v) is 21.9. The quantitative estimate of drug-likeness (QED) is 0.442. The van der Waals surface area contributed by atoms with Crippen LogP contribution in [0.15, 0.2) is 0 Å². The molecule has 0 spiro atoms. The van der Waals surface area contributed by atoms with Crippen molar-refractivity contribution in [2.24, 2.45) is 11.8 Å². The first-order chi connectivity index (χ1) is 13.2. The first kappa shape index (κ1) is 21.3. The fourth-order valence-electron chi connectivity index (χ4n) is 5.91. The van der Waals surface area contributed by atoms with Gasteiger partial charge in [-0.2, -0.15) is 0 Å². The molecule has 2 N–H and O–H groups in total. The van der Waals surface area contributed by atoms with Gasteiger partial charge in [0.1, 0.15) is 0 Å². The van der Waals surface area contributed by atoms with Crippen molar-refractivity contribution in [3.05, 3.63) is 0 Å². The molecule has 2 saturated carbocycles. The molecule has 5 nitrogen and oxygen atoms in total. The average Bonchev–Trinajstić information content (AvgIpc) is 2.68. The Bertz CT molecular complexity index is 433. The molecular formula is C20H36Ga2N2O3. The second-order valence-electron chi connectivity index (χ2n) is 9.40. The Labute approximate surface area is 182 Å². The Hall–Kier alpha value is 1.07. The number of rotatable bonds is 6. The van der Waals surface area contributed by atoms with E-state index in [1.807, 2.05) is 0 Å². The third kappa shape index (κ3) is 5.61. The molecular weight excluding hydrogens is 456 g/mol. The van der Waals surface area contributed by atoms with E-state index in [2.05, 4.69) is 24.5 Å². The number of hydrogen-bond donors (Lipinski definition) is 2. The van der Waals surface area contributed by atoms with Gasteiger partial charge in [-0.3, -0.25) is 0 Å². The predicted octanol–water partition coefficient (Wildman–Crippen LogP) is 2.72. The summed E-state index contributed by atoms with van der Waals surface area (Å²) < 4.78 is 18.7. The summed E-state index contributed by atoms with van der Waals surface area (Å²) in [5.41, 5.74) is 0. The molecule has 2 aliphatic heterocycles. The summed E-state index contributed by atoms with van der Waals surface area (Å²) in [4.78, 5) is 0. The van der Waals surface area contributed by atoms with Crippen LogP contribution in [0, 0.1) is 11.8 Å². The Morgan fingerprint density at radius 1 is 0.630 bits per heavy atom. The van der Waals surface area contributed by atoms with Crippen molar-refractivity contribution < 1.29 is 9.38 Å². The van der Waals surface area contributed by atoms with Gasteiger partial charge in [0.2, 0.25) is 0 Å². The molecule has 0 amide bonds. The molecule has 0 bridgehead atoms. The summed E-state index contributed by atoms with van der Waals surface area (Å²) in [7, 11) is 0. The van der Waals surface area contributed by atoms with Gasteiger partial charge >= 0.3 is 183 Å². The molecule has 2 radical (unpaired) electrons. The van der Waals surface area contributed by atoms with Gasteiger partial charge in [-0.15, -0.1) is 0 Å². The Kier molecular flexibility index (Phi) is 8.21. The summed E-state index contributed by atoms with van der Waals surface area (Å²) >= 11 is -2.13. The maximum atomic E-state index is 6.33. The molecule has 4 fully saturated rings. The van der Waals surface area contributed by atoms with Crippen LogP contribution in [0.1, 0.15) is 78.1 Å². The third-order valence-corrected chi connectivity index (χ3v) is 12.2. The van der Waals surface area contributed by atoms with Crippen LogP contribution in [0.25, 0.3) is 0 Å². The third-order valence-electron chi connectivity index (χ3n) is 7.41. The average molecular weight is 492 g/mol. The second kappa shape index (κ2) is 10.4. The second-order valence-corrected chi connectivity index (χ2v) is 14.9. The molecule has 2 saturated heterocycles. The molecule has 4 rings (SSSR count). The van der Waals surface area contributed by atoms with Gasteiger partial charge in [-0.1, -0.05) is 0 Å². The van der Waals surface area contributed by atoms with Gasteiger partial charge in [-0.25, -0.2) is 0 Å². The van der Waals surface area contributed by atoms with Crippen LogP contribution in [0.4, 0.5) is 0 Å². The van der Waals surface area contributed by atoms with Crippen LogP contribution in [-0.2, 0) is 9.38 Å². The van der Waals surface area contributed by atoms with Gasteiger partial charge in [0.15, 0.2) is 0 Å². The number of hydrogen-bond acceptors (Lipinski definition) is 5. The molecule has 7 heteroatoms. The Morgan fingerprint density at radius 3 is 1.59 bits per heavy atom. The van der Waals surface area contributed by atoms with Crippen molar-refractivity contribution in [2.75, 3.05) is 0 Å². The molecule has 8 atom stereocenters. The maximum absolute atomic E-state index is 6.33. The van der Waals surface area contributed by atoms with Crippen LogP contribution in [0.3, 0.4) is 0 Å². The molecule has 27 heavy (non-hydrogen) atoms. The summed E-state index contributed by atoms with van der Waals surface area (Å²) in [6.07, 6.45) is 14.0. The van der Waals surface area contributed by atoms with Crippen LogP contribution < -0.4 is 10.6 Å². The minimum absolute atomic E-state index is 0.392. The van der Waals surface area contributed by atoms with Crippen molar-refractivity contribution >= 4 is 36.3 Å². The predicted molar refractivity (Wildman–Crippen MR) is 108 cm³/mol. The van der Waals surface area contributed by atoms with Crippen LogP contribution >= 0.6 is 0 Å². The fourth-order valence-corrected chi connectivity index (χ4v) is 10.0. The van der Waals surface area contributed by atoms with E-state index in [9.17, 15) is 0 Å². The molecule has 2 aliphatic carbocycles. The van der Waals surface area contributed by atoms with E-state index < -0.39 is 36.3 Å².